The Balaban J connectivity index is 2.59. The fourth-order valence-electron chi connectivity index (χ4n) is 1.07. The van der Waals surface area contributed by atoms with Gasteiger partial charge in [0.1, 0.15) is 5.69 Å². The average Bonchev–Trinajstić information content (AvgIpc) is 2.15. The number of nitrogens with two attached hydrogens (primary N) is 1. The Hall–Kier alpha value is -1.41. The van der Waals surface area contributed by atoms with Gasteiger partial charge in [0.05, 0.1) is 6.20 Å². The zero-order chi connectivity index (χ0) is 9.52. The maximum atomic E-state index is 3.86. The van der Waals surface area contributed by atoms with E-state index in [1.165, 1.54) is 11.3 Å². The number of aryl methyl sites for hydroxylation is 1. The number of rotatable bonds is 3. The number of quaternary nitrogens is 1. The molecule has 0 unspecified atom stereocenters. The van der Waals surface area contributed by atoms with Crippen molar-refractivity contribution < 1.29 is 5.32 Å². The Labute approximate surface area is 79.0 Å². The van der Waals surface area contributed by atoms with Crippen LogP contribution < -0.4 is 5.32 Å². The van der Waals surface area contributed by atoms with E-state index in [0.717, 1.165) is 0 Å². The highest BCUT2D eigenvalue weighted by Gasteiger charge is 1.95. The zero-order valence-electron chi connectivity index (χ0n) is 8.07. The highest BCUT2D eigenvalue weighted by atomic mass is 14.8. The van der Waals surface area contributed by atoms with Gasteiger partial charge in [-0.15, -0.1) is 0 Å². The smallest absolute Gasteiger partial charge is 0.137 e. The standard InChI is InChI=1S/C11H14N2/c1-10-6-3-4-7-11(10)13-9-5-8-12-2/h3-9,13H,1-2H3/p+1. The molecule has 13 heavy (non-hydrogen) atoms. The Kier molecular flexibility index (Phi) is 3.93. The lowest BCUT2D eigenvalue weighted by Gasteiger charge is -1.97. The van der Waals surface area contributed by atoms with Gasteiger partial charge in [-0.25, -0.2) is 0 Å². The van der Waals surface area contributed by atoms with Crippen molar-refractivity contribution in [3.8, 4) is 0 Å². The molecular formula is C11H15N2+. The van der Waals surface area contributed by atoms with Crippen LogP contribution in [0.1, 0.15) is 5.56 Å². The van der Waals surface area contributed by atoms with Crippen molar-refractivity contribution >= 4 is 11.9 Å². The molecule has 0 saturated heterocycles. The fourth-order valence-corrected chi connectivity index (χ4v) is 1.07. The second kappa shape index (κ2) is 5.27. The van der Waals surface area contributed by atoms with E-state index >= 15 is 0 Å². The van der Waals surface area contributed by atoms with Crippen LogP contribution >= 0.6 is 0 Å². The predicted octanol–water partition coefficient (Wildman–Crippen LogP) is 1.40. The van der Waals surface area contributed by atoms with E-state index < -0.39 is 0 Å². The topological polar surface area (TPSA) is 29.0 Å². The van der Waals surface area contributed by atoms with Gasteiger partial charge in [0.15, 0.2) is 0 Å². The summed E-state index contributed by atoms with van der Waals surface area (Å²) in [4.78, 5) is 3.86. The molecule has 2 N–H and O–H groups in total. The second-order valence-corrected chi connectivity index (χ2v) is 2.82. The Morgan fingerprint density at radius 1 is 1.31 bits per heavy atom. The van der Waals surface area contributed by atoms with Crippen LogP contribution in [-0.4, -0.2) is 13.3 Å². The number of benzene rings is 1. The first-order valence-electron chi connectivity index (χ1n) is 4.32. The van der Waals surface area contributed by atoms with Gasteiger partial charge in [-0.3, -0.25) is 10.3 Å². The molecule has 0 aliphatic heterocycles. The molecule has 1 aromatic rings. The maximum Gasteiger partial charge on any atom is 0.137 e. The van der Waals surface area contributed by atoms with E-state index in [0.29, 0.717) is 0 Å². The third-order valence-electron chi connectivity index (χ3n) is 1.81. The molecule has 0 heterocycles. The second-order valence-electron chi connectivity index (χ2n) is 2.82. The molecular weight excluding hydrogens is 160 g/mol. The van der Waals surface area contributed by atoms with Crippen LogP contribution in [0.4, 0.5) is 5.69 Å². The number of allylic oxidation sites excluding steroid dienone is 1. The molecule has 1 aromatic carbocycles. The van der Waals surface area contributed by atoms with E-state index in [1.54, 1.807) is 13.3 Å². The molecule has 68 valence electrons. The SMILES string of the molecule is CN=CC=C[NH2+]c1ccccc1C. The quantitative estimate of drug-likeness (QED) is 0.531. The maximum absolute atomic E-state index is 3.86. The zero-order valence-corrected chi connectivity index (χ0v) is 8.07. The molecule has 0 bridgehead atoms. The van der Waals surface area contributed by atoms with Crippen LogP contribution in [-0.2, 0) is 0 Å². The number of aliphatic imine (C=N–C) groups is 1. The normalized spacial score (nSPS) is 11.5. The minimum atomic E-state index is 1.25. The molecule has 0 aromatic heterocycles. The lowest BCUT2D eigenvalue weighted by Crippen LogP contribution is -2.71. The summed E-state index contributed by atoms with van der Waals surface area (Å²) in [5, 5.41) is 2.08. The van der Waals surface area contributed by atoms with Gasteiger partial charge < -0.3 is 0 Å². The van der Waals surface area contributed by atoms with Crippen LogP contribution in [0.3, 0.4) is 0 Å². The van der Waals surface area contributed by atoms with Gasteiger partial charge in [0, 0.05) is 24.9 Å². The summed E-state index contributed by atoms with van der Waals surface area (Å²) in [7, 11) is 1.76. The van der Waals surface area contributed by atoms with E-state index in [9.17, 15) is 0 Å². The highest BCUT2D eigenvalue weighted by molar-refractivity contribution is 5.70. The van der Waals surface area contributed by atoms with Crippen LogP contribution in [0, 0.1) is 6.92 Å². The van der Waals surface area contributed by atoms with E-state index in [4.69, 9.17) is 0 Å². The van der Waals surface area contributed by atoms with Gasteiger partial charge in [-0.2, -0.15) is 0 Å². The first-order valence-corrected chi connectivity index (χ1v) is 4.32. The van der Waals surface area contributed by atoms with Gasteiger partial charge in [-0.05, 0) is 13.0 Å². The molecule has 0 fully saturated rings. The number of nitrogens with zero attached hydrogens (tertiary/aromatic N) is 1. The molecule has 0 spiro atoms. The minimum Gasteiger partial charge on any atom is -0.296 e. The number of para-hydroxylation sites is 1. The van der Waals surface area contributed by atoms with Gasteiger partial charge in [0.2, 0.25) is 0 Å². The van der Waals surface area contributed by atoms with E-state index in [-0.39, 0.29) is 0 Å². The molecule has 1 rings (SSSR count). The van der Waals surface area contributed by atoms with Gasteiger partial charge in [0.25, 0.3) is 0 Å². The lowest BCUT2D eigenvalue weighted by atomic mass is 10.2. The van der Waals surface area contributed by atoms with Crippen LogP contribution in [0.25, 0.3) is 0 Å². The van der Waals surface area contributed by atoms with Crippen molar-refractivity contribution in [1.82, 2.24) is 0 Å². The summed E-state index contributed by atoms with van der Waals surface area (Å²) in [6.45, 7) is 2.10. The molecule has 0 saturated carbocycles. The predicted molar refractivity (Wildman–Crippen MR) is 56.3 cm³/mol. The first-order chi connectivity index (χ1) is 6.34. The number of hydrogen-bond donors (Lipinski definition) is 1. The molecule has 2 heteroatoms. The van der Waals surface area contributed by atoms with E-state index in [1.807, 2.05) is 24.4 Å². The summed E-state index contributed by atoms with van der Waals surface area (Å²) in [5.74, 6) is 0. The fraction of sp³-hybridized carbons (Fsp3) is 0.182. The van der Waals surface area contributed by atoms with Gasteiger partial charge >= 0.3 is 0 Å². The van der Waals surface area contributed by atoms with Crippen LogP contribution in [0.15, 0.2) is 41.5 Å². The summed E-state index contributed by atoms with van der Waals surface area (Å²) < 4.78 is 0. The van der Waals surface area contributed by atoms with E-state index in [2.05, 4.69) is 29.4 Å². The summed E-state index contributed by atoms with van der Waals surface area (Å²) in [5.41, 5.74) is 2.55. The van der Waals surface area contributed by atoms with Crippen molar-refractivity contribution in [1.29, 1.82) is 0 Å². The Morgan fingerprint density at radius 3 is 2.77 bits per heavy atom. The third kappa shape index (κ3) is 3.22. The first kappa shape index (κ1) is 9.68. The third-order valence-corrected chi connectivity index (χ3v) is 1.81. The lowest BCUT2D eigenvalue weighted by molar-refractivity contribution is -0.496. The minimum absolute atomic E-state index is 1.25. The Morgan fingerprint density at radius 2 is 2.08 bits per heavy atom. The monoisotopic (exact) mass is 175 g/mol. The van der Waals surface area contributed by atoms with Crippen molar-refractivity contribution in [2.75, 3.05) is 7.05 Å². The average molecular weight is 175 g/mol. The highest BCUT2D eigenvalue weighted by Crippen LogP contribution is 2.05. The molecule has 0 amide bonds. The summed E-state index contributed by atoms with van der Waals surface area (Å²) >= 11 is 0. The van der Waals surface area contributed by atoms with Gasteiger partial charge in [-0.1, -0.05) is 18.2 Å². The molecule has 0 aliphatic rings. The van der Waals surface area contributed by atoms with Crippen molar-refractivity contribution in [3.05, 3.63) is 42.1 Å². The molecule has 0 radical (unpaired) electrons. The molecule has 0 aliphatic carbocycles. The van der Waals surface area contributed by atoms with Crippen molar-refractivity contribution in [2.24, 2.45) is 4.99 Å². The summed E-state index contributed by atoms with van der Waals surface area (Å²) in [6.07, 6.45) is 5.69. The largest absolute Gasteiger partial charge is 0.296 e. The Bertz CT molecular complexity index is 314. The van der Waals surface area contributed by atoms with Crippen LogP contribution in [0.2, 0.25) is 0 Å². The number of hydrogen-bond acceptors (Lipinski definition) is 1. The summed E-state index contributed by atoms with van der Waals surface area (Å²) in [6, 6.07) is 8.29. The van der Waals surface area contributed by atoms with Crippen molar-refractivity contribution in [2.45, 2.75) is 6.92 Å². The molecule has 0 atom stereocenters. The molecule has 2 nitrogen and oxygen atoms in total. The van der Waals surface area contributed by atoms with Crippen molar-refractivity contribution in [3.63, 3.8) is 0 Å². The van der Waals surface area contributed by atoms with Crippen LogP contribution in [0.5, 0.6) is 0 Å².